The number of hydrogen-bond acceptors (Lipinski definition) is 6. The molecule has 150 valence electrons. The third-order valence-electron chi connectivity index (χ3n) is 4.70. The minimum atomic E-state index is -0.315. The van der Waals surface area contributed by atoms with Gasteiger partial charge in [-0.05, 0) is 32.4 Å². The van der Waals surface area contributed by atoms with Gasteiger partial charge in [-0.25, -0.2) is 0 Å². The van der Waals surface area contributed by atoms with Crippen molar-refractivity contribution in [3.8, 4) is 5.75 Å². The molecule has 4 rings (SSSR count). The third-order valence-corrected chi connectivity index (χ3v) is 6.04. The first-order chi connectivity index (χ1) is 14.0. The van der Waals surface area contributed by atoms with E-state index in [1.54, 1.807) is 13.2 Å². The summed E-state index contributed by atoms with van der Waals surface area (Å²) in [5, 5.41) is 12.0. The van der Waals surface area contributed by atoms with Crippen LogP contribution in [0.3, 0.4) is 0 Å². The molecule has 0 saturated heterocycles. The third kappa shape index (κ3) is 3.67. The summed E-state index contributed by atoms with van der Waals surface area (Å²) < 4.78 is 13.0. The number of anilines is 1. The number of methoxy groups -OCH3 is 1. The molecule has 0 aliphatic rings. The Morgan fingerprint density at radius 1 is 1.24 bits per heavy atom. The number of fused-ring (bicyclic) bond motifs is 3. The molecule has 7 nitrogen and oxygen atoms in total. The summed E-state index contributed by atoms with van der Waals surface area (Å²) in [5.41, 5.74) is 3.34. The van der Waals surface area contributed by atoms with Crippen molar-refractivity contribution in [1.82, 2.24) is 14.6 Å². The minimum Gasteiger partial charge on any atom is -0.497 e. The van der Waals surface area contributed by atoms with E-state index in [1.165, 1.54) is 11.8 Å². The first-order valence-electron chi connectivity index (χ1n) is 9.36. The van der Waals surface area contributed by atoms with Crippen molar-refractivity contribution >= 4 is 40.0 Å². The van der Waals surface area contributed by atoms with Gasteiger partial charge in [0.1, 0.15) is 22.4 Å². The molecule has 0 bridgehead atoms. The molecule has 3 heterocycles. The number of nitrogens with one attached hydrogen (secondary N) is 1. The highest BCUT2D eigenvalue weighted by molar-refractivity contribution is 8.00. The molecule has 29 heavy (non-hydrogen) atoms. The van der Waals surface area contributed by atoms with Crippen LogP contribution in [0.5, 0.6) is 5.75 Å². The summed E-state index contributed by atoms with van der Waals surface area (Å²) >= 11 is 1.41. The topological polar surface area (TPSA) is 81.7 Å². The number of furan rings is 1. The van der Waals surface area contributed by atoms with Crippen molar-refractivity contribution < 1.29 is 13.9 Å². The van der Waals surface area contributed by atoms with Crippen LogP contribution >= 0.6 is 11.8 Å². The second kappa shape index (κ2) is 7.79. The van der Waals surface area contributed by atoms with Gasteiger partial charge in [0.2, 0.25) is 5.91 Å². The number of ether oxygens (including phenoxy) is 1. The second-order valence-corrected chi connectivity index (χ2v) is 7.95. The standard InChI is InChI=1S/C21H22N4O3S/c1-5-19(20(26)22-14-7-6-8-15(10-14)27-4)29-21-17-11-18-16(9-12(2)28-18)25(17)13(3)23-24-21/h6-11,19H,5H2,1-4H3,(H,22,26)/t19-/m1/s1. The molecular formula is C21H22N4O3S. The SMILES string of the molecule is CC[C@@H](Sc1nnc(C)n2c1cc1oc(C)cc12)C(=O)Nc1cccc(OC)c1. The Hall–Kier alpha value is -3.00. The van der Waals surface area contributed by atoms with Crippen LogP contribution in [-0.4, -0.2) is 32.9 Å². The van der Waals surface area contributed by atoms with Crippen molar-refractivity contribution in [2.45, 2.75) is 37.5 Å². The van der Waals surface area contributed by atoms with E-state index in [-0.39, 0.29) is 11.2 Å². The zero-order chi connectivity index (χ0) is 20.5. The van der Waals surface area contributed by atoms with E-state index in [9.17, 15) is 4.79 Å². The van der Waals surface area contributed by atoms with Gasteiger partial charge >= 0.3 is 0 Å². The molecule has 1 amide bonds. The summed E-state index contributed by atoms with van der Waals surface area (Å²) in [6, 6.07) is 11.3. The van der Waals surface area contributed by atoms with E-state index < -0.39 is 0 Å². The smallest absolute Gasteiger partial charge is 0.237 e. The Kier molecular flexibility index (Phi) is 5.19. The molecule has 0 radical (unpaired) electrons. The maximum absolute atomic E-state index is 12.9. The lowest BCUT2D eigenvalue weighted by Crippen LogP contribution is -2.24. The van der Waals surface area contributed by atoms with Gasteiger partial charge in [-0.3, -0.25) is 9.20 Å². The van der Waals surface area contributed by atoms with Gasteiger partial charge in [0.05, 0.1) is 23.4 Å². The van der Waals surface area contributed by atoms with Gasteiger partial charge in [0.15, 0.2) is 5.58 Å². The van der Waals surface area contributed by atoms with E-state index in [0.717, 1.165) is 28.2 Å². The molecule has 0 spiro atoms. The van der Waals surface area contributed by atoms with Gasteiger partial charge in [0.25, 0.3) is 0 Å². The van der Waals surface area contributed by atoms with Gasteiger partial charge in [-0.1, -0.05) is 24.8 Å². The van der Waals surface area contributed by atoms with E-state index in [4.69, 9.17) is 9.15 Å². The number of thioether (sulfide) groups is 1. The van der Waals surface area contributed by atoms with Crippen molar-refractivity contribution in [3.05, 3.63) is 48.0 Å². The summed E-state index contributed by atoms with van der Waals surface area (Å²) in [6.07, 6.45) is 0.651. The molecule has 1 atom stereocenters. The van der Waals surface area contributed by atoms with Crippen LogP contribution in [-0.2, 0) is 4.79 Å². The highest BCUT2D eigenvalue weighted by atomic mass is 32.2. The molecule has 4 aromatic rings. The Labute approximate surface area is 172 Å². The van der Waals surface area contributed by atoms with E-state index >= 15 is 0 Å². The Morgan fingerprint density at radius 3 is 2.83 bits per heavy atom. The lowest BCUT2D eigenvalue weighted by molar-refractivity contribution is -0.115. The van der Waals surface area contributed by atoms with Crippen LogP contribution < -0.4 is 10.1 Å². The quantitative estimate of drug-likeness (QED) is 0.468. The lowest BCUT2D eigenvalue weighted by atomic mass is 10.2. The van der Waals surface area contributed by atoms with Crippen molar-refractivity contribution in [1.29, 1.82) is 0 Å². The maximum Gasteiger partial charge on any atom is 0.237 e. The molecule has 0 unspecified atom stereocenters. The van der Waals surface area contributed by atoms with Crippen molar-refractivity contribution in [2.24, 2.45) is 0 Å². The molecule has 1 N–H and O–H groups in total. The minimum absolute atomic E-state index is 0.0858. The summed E-state index contributed by atoms with van der Waals surface area (Å²) in [7, 11) is 1.60. The van der Waals surface area contributed by atoms with Gasteiger partial charge in [-0.15, -0.1) is 10.2 Å². The van der Waals surface area contributed by atoms with E-state index in [0.29, 0.717) is 22.9 Å². The zero-order valence-corrected chi connectivity index (χ0v) is 17.5. The average molecular weight is 410 g/mol. The Morgan fingerprint density at radius 2 is 2.07 bits per heavy atom. The summed E-state index contributed by atoms with van der Waals surface area (Å²) in [6.45, 7) is 5.81. The zero-order valence-electron chi connectivity index (χ0n) is 16.7. The van der Waals surface area contributed by atoms with Gasteiger partial charge in [0, 0.05) is 23.9 Å². The normalized spacial score (nSPS) is 12.4. The molecule has 0 saturated carbocycles. The van der Waals surface area contributed by atoms with Crippen LogP contribution in [0, 0.1) is 13.8 Å². The predicted molar refractivity (Wildman–Crippen MR) is 114 cm³/mol. The number of aryl methyl sites for hydroxylation is 2. The van der Waals surface area contributed by atoms with Crippen molar-refractivity contribution in [3.63, 3.8) is 0 Å². The fraction of sp³-hybridized carbons (Fsp3) is 0.286. The highest BCUT2D eigenvalue weighted by Gasteiger charge is 2.22. The molecule has 3 aromatic heterocycles. The predicted octanol–water partition coefficient (Wildman–Crippen LogP) is 4.61. The Bertz CT molecular complexity index is 1200. The number of benzene rings is 1. The number of carbonyl (C=O) groups excluding carboxylic acids is 1. The van der Waals surface area contributed by atoms with Crippen LogP contribution in [0.2, 0.25) is 0 Å². The molecular weight excluding hydrogens is 388 g/mol. The molecule has 0 aliphatic carbocycles. The Balaban J connectivity index is 1.62. The highest BCUT2D eigenvalue weighted by Crippen LogP contribution is 2.33. The number of aromatic nitrogens is 3. The number of amides is 1. The first-order valence-corrected chi connectivity index (χ1v) is 10.2. The van der Waals surface area contributed by atoms with E-state index in [2.05, 4.69) is 15.5 Å². The van der Waals surface area contributed by atoms with Crippen LogP contribution in [0.15, 0.2) is 45.8 Å². The second-order valence-electron chi connectivity index (χ2n) is 6.76. The maximum atomic E-state index is 12.9. The van der Waals surface area contributed by atoms with Crippen LogP contribution in [0.25, 0.3) is 16.6 Å². The molecule has 1 aromatic carbocycles. The van der Waals surface area contributed by atoms with E-state index in [1.807, 2.05) is 55.5 Å². The van der Waals surface area contributed by atoms with Crippen LogP contribution in [0.4, 0.5) is 5.69 Å². The molecule has 0 fully saturated rings. The summed E-state index contributed by atoms with van der Waals surface area (Å²) in [5.74, 6) is 2.23. The fourth-order valence-corrected chi connectivity index (χ4v) is 4.26. The summed E-state index contributed by atoms with van der Waals surface area (Å²) in [4.78, 5) is 12.9. The van der Waals surface area contributed by atoms with Crippen molar-refractivity contribution in [2.75, 3.05) is 12.4 Å². The first kappa shape index (κ1) is 19.3. The van der Waals surface area contributed by atoms with Gasteiger partial charge < -0.3 is 14.5 Å². The van der Waals surface area contributed by atoms with Crippen LogP contribution in [0.1, 0.15) is 24.9 Å². The molecule has 0 aliphatic heterocycles. The molecule has 8 heteroatoms. The lowest BCUT2D eigenvalue weighted by Gasteiger charge is -2.15. The monoisotopic (exact) mass is 410 g/mol. The largest absolute Gasteiger partial charge is 0.497 e. The number of rotatable bonds is 6. The number of hydrogen-bond donors (Lipinski definition) is 1. The van der Waals surface area contributed by atoms with Gasteiger partial charge in [-0.2, -0.15) is 0 Å². The number of carbonyl (C=O) groups is 1. The average Bonchev–Trinajstić information content (AvgIpc) is 3.24. The fourth-order valence-electron chi connectivity index (χ4n) is 3.30. The number of nitrogens with zero attached hydrogens (tertiary/aromatic N) is 3.